The number of rotatable bonds is 1. The van der Waals surface area contributed by atoms with Crippen molar-refractivity contribution in [1.82, 2.24) is 4.98 Å². The summed E-state index contributed by atoms with van der Waals surface area (Å²) in [6.07, 6.45) is 1.25. The maximum Gasteiger partial charge on any atom is 0.120 e. The van der Waals surface area contributed by atoms with Crippen molar-refractivity contribution in [3.63, 3.8) is 0 Å². The van der Waals surface area contributed by atoms with E-state index in [-0.39, 0.29) is 0 Å². The van der Waals surface area contributed by atoms with E-state index < -0.39 is 0 Å². The summed E-state index contributed by atoms with van der Waals surface area (Å²) in [7, 11) is 1.68. The number of H-pyrrole nitrogens is 1. The molecular formula is C13H19NO. The van der Waals surface area contributed by atoms with Crippen molar-refractivity contribution in [2.24, 2.45) is 0 Å². The zero-order chi connectivity index (χ0) is 11.3. The van der Waals surface area contributed by atoms with Gasteiger partial charge in [0.1, 0.15) is 5.75 Å². The molecule has 0 aliphatic heterocycles. The first-order chi connectivity index (χ1) is 7.21. The minimum Gasteiger partial charge on any atom is -0.497 e. The third-order valence-electron chi connectivity index (χ3n) is 1.96. The molecule has 0 spiro atoms. The Bertz CT molecular complexity index is 417. The van der Waals surface area contributed by atoms with Crippen LogP contribution in [0.1, 0.15) is 26.0 Å². The van der Waals surface area contributed by atoms with Crippen LogP contribution in [0.2, 0.25) is 0 Å². The molecule has 0 bridgehead atoms. The lowest BCUT2D eigenvalue weighted by Gasteiger charge is -1.97. The summed E-state index contributed by atoms with van der Waals surface area (Å²) in [6.45, 7) is 6.30. The maximum absolute atomic E-state index is 5.11. The largest absolute Gasteiger partial charge is 0.497 e. The highest BCUT2D eigenvalue weighted by Gasteiger charge is 1.97. The third-order valence-corrected chi connectivity index (χ3v) is 1.96. The van der Waals surface area contributed by atoms with Crippen LogP contribution >= 0.6 is 0 Å². The molecule has 0 saturated carbocycles. The van der Waals surface area contributed by atoms with Crippen LogP contribution < -0.4 is 4.74 Å². The molecule has 0 aliphatic carbocycles. The van der Waals surface area contributed by atoms with E-state index in [1.165, 1.54) is 17.5 Å². The molecule has 1 N–H and O–H groups in total. The fraction of sp³-hybridized carbons (Fsp3) is 0.385. The van der Waals surface area contributed by atoms with Gasteiger partial charge >= 0.3 is 0 Å². The van der Waals surface area contributed by atoms with Crippen LogP contribution in [0, 0.1) is 6.92 Å². The summed E-state index contributed by atoms with van der Waals surface area (Å²) < 4.78 is 5.11. The number of benzene rings is 1. The summed E-state index contributed by atoms with van der Waals surface area (Å²) in [6, 6.07) is 8.14. The number of hydrogen-bond donors (Lipinski definition) is 1. The van der Waals surface area contributed by atoms with Crippen molar-refractivity contribution >= 4 is 10.9 Å². The van der Waals surface area contributed by atoms with E-state index in [0.29, 0.717) is 0 Å². The molecule has 15 heavy (non-hydrogen) atoms. The Hall–Kier alpha value is -1.44. The van der Waals surface area contributed by atoms with E-state index in [2.05, 4.69) is 31.0 Å². The predicted molar refractivity (Wildman–Crippen MR) is 65.6 cm³/mol. The standard InChI is InChI=1S/C10H11NO.C3H8/c1-7-5-8-3-4-9(12-2)6-10(8)11-7;1-3-2/h3-6,11H,1-2H3;3H2,1-2H3. The molecule has 0 saturated heterocycles. The van der Waals surface area contributed by atoms with Gasteiger partial charge in [-0.2, -0.15) is 0 Å². The minimum atomic E-state index is 0.893. The van der Waals surface area contributed by atoms with Gasteiger partial charge in [0.15, 0.2) is 0 Å². The molecule has 0 radical (unpaired) electrons. The number of methoxy groups -OCH3 is 1. The molecule has 0 fully saturated rings. The first-order valence-electron chi connectivity index (χ1n) is 5.34. The number of aromatic nitrogens is 1. The van der Waals surface area contributed by atoms with Crippen molar-refractivity contribution in [3.05, 3.63) is 30.0 Å². The van der Waals surface area contributed by atoms with Gasteiger partial charge in [-0.1, -0.05) is 20.3 Å². The molecule has 2 nitrogen and oxygen atoms in total. The molecule has 1 aromatic carbocycles. The Morgan fingerprint density at radius 1 is 1.20 bits per heavy atom. The average Bonchev–Trinajstić information content (AvgIpc) is 2.57. The molecular weight excluding hydrogens is 186 g/mol. The molecule has 0 unspecified atom stereocenters. The van der Waals surface area contributed by atoms with Crippen molar-refractivity contribution in [3.8, 4) is 5.75 Å². The van der Waals surface area contributed by atoms with E-state index in [1.54, 1.807) is 7.11 Å². The third kappa shape index (κ3) is 3.01. The Morgan fingerprint density at radius 2 is 1.87 bits per heavy atom. The number of nitrogens with one attached hydrogen (secondary N) is 1. The van der Waals surface area contributed by atoms with Gasteiger partial charge in [-0.15, -0.1) is 0 Å². The smallest absolute Gasteiger partial charge is 0.120 e. The van der Waals surface area contributed by atoms with Crippen LogP contribution in [-0.2, 0) is 0 Å². The average molecular weight is 205 g/mol. The minimum absolute atomic E-state index is 0.893. The summed E-state index contributed by atoms with van der Waals surface area (Å²) in [4.78, 5) is 3.25. The van der Waals surface area contributed by atoms with Crippen molar-refractivity contribution < 1.29 is 4.74 Å². The lowest BCUT2D eigenvalue weighted by atomic mass is 10.2. The second kappa shape index (κ2) is 5.44. The summed E-state index contributed by atoms with van der Waals surface area (Å²) in [5, 5.41) is 1.23. The summed E-state index contributed by atoms with van der Waals surface area (Å²) in [5.74, 6) is 0.893. The fourth-order valence-corrected chi connectivity index (χ4v) is 1.38. The van der Waals surface area contributed by atoms with Crippen LogP contribution in [0.5, 0.6) is 5.75 Å². The van der Waals surface area contributed by atoms with Crippen LogP contribution in [0.15, 0.2) is 24.3 Å². The Morgan fingerprint density at radius 3 is 2.47 bits per heavy atom. The fourth-order valence-electron chi connectivity index (χ4n) is 1.38. The SMILES string of the molecule is CCC.COc1ccc2cc(C)[nH]c2c1. The highest BCUT2D eigenvalue weighted by atomic mass is 16.5. The topological polar surface area (TPSA) is 25.0 Å². The second-order valence-corrected chi connectivity index (χ2v) is 3.61. The zero-order valence-corrected chi connectivity index (χ0v) is 9.92. The Kier molecular flexibility index (Phi) is 4.22. The van der Waals surface area contributed by atoms with Crippen LogP contribution in [0.3, 0.4) is 0 Å². The van der Waals surface area contributed by atoms with Crippen LogP contribution in [0.4, 0.5) is 0 Å². The number of aryl methyl sites for hydroxylation is 1. The molecule has 0 atom stereocenters. The molecule has 1 aromatic heterocycles. The molecule has 0 aliphatic rings. The molecule has 0 amide bonds. The number of ether oxygens (including phenoxy) is 1. The lowest BCUT2D eigenvalue weighted by Crippen LogP contribution is -1.80. The zero-order valence-electron chi connectivity index (χ0n) is 9.92. The Balaban J connectivity index is 0.000000337. The molecule has 1 heterocycles. The Labute approximate surface area is 91.3 Å². The second-order valence-electron chi connectivity index (χ2n) is 3.61. The van der Waals surface area contributed by atoms with Crippen molar-refractivity contribution in [2.45, 2.75) is 27.2 Å². The number of aromatic amines is 1. The van der Waals surface area contributed by atoms with Gasteiger partial charge in [0.05, 0.1) is 7.11 Å². The number of hydrogen-bond acceptors (Lipinski definition) is 1. The monoisotopic (exact) mass is 205 g/mol. The quantitative estimate of drug-likeness (QED) is 0.750. The molecule has 2 rings (SSSR count). The lowest BCUT2D eigenvalue weighted by molar-refractivity contribution is 0.415. The van der Waals surface area contributed by atoms with Crippen LogP contribution in [0.25, 0.3) is 10.9 Å². The first-order valence-corrected chi connectivity index (χ1v) is 5.34. The predicted octanol–water partition coefficient (Wildman–Crippen LogP) is 3.90. The van der Waals surface area contributed by atoms with E-state index in [0.717, 1.165) is 11.3 Å². The van der Waals surface area contributed by atoms with Gasteiger partial charge in [0, 0.05) is 17.3 Å². The van der Waals surface area contributed by atoms with Gasteiger partial charge in [-0.05, 0) is 30.5 Å². The molecule has 2 aromatic rings. The normalized spacial score (nSPS) is 9.60. The van der Waals surface area contributed by atoms with Crippen molar-refractivity contribution in [2.75, 3.05) is 7.11 Å². The first kappa shape index (κ1) is 11.6. The number of fused-ring (bicyclic) bond motifs is 1. The van der Waals surface area contributed by atoms with Gasteiger partial charge in [-0.25, -0.2) is 0 Å². The van der Waals surface area contributed by atoms with Gasteiger partial charge < -0.3 is 9.72 Å². The highest BCUT2D eigenvalue weighted by Crippen LogP contribution is 2.20. The summed E-state index contributed by atoms with van der Waals surface area (Å²) >= 11 is 0. The van der Waals surface area contributed by atoms with E-state index >= 15 is 0 Å². The van der Waals surface area contributed by atoms with E-state index in [4.69, 9.17) is 4.74 Å². The van der Waals surface area contributed by atoms with E-state index in [9.17, 15) is 0 Å². The van der Waals surface area contributed by atoms with Gasteiger partial charge in [-0.3, -0.25) is 0 Å². The van der Waals surface area contributed by atoms with Crippen LogP contribution in [-0.4, -0.2) is 12.1 Å². The summed E-state index contributed by atoms with van der Waals surface area (Å²) in [5.41, 5.74) is 2.31. The maximum atomic E-state index is 5.11. The van der Waals surface area contributed by atoms with Crippen molar-refractivity contribution in [1.29, 1.82) is 0 Å². The highest BCUT2D eigenvalue weighted by molar-refractivity contribution is 5.81. The molecule has 82 valence electrons. The van der Waals surface area contributed by atoms with Gasteiger partial charge in [0.25, 0.3) is 0 Å². The van der Waals surface area contributed by atoms with E-state index in [1.807, 2.05) is 19.1 Å². The van der Waals surface area contributed by atoms with Gasteiger partial charge in [0.2, 0.25) is 0 Å². The molecule has 2 heteroatoms.